The Kier molecular flexibility index (Phi) is 4.73. The van der Waals surface area contributed by atoms with E-state index < -0.39 is 17.3 Å². The lowest BCUT2D eigenvalue weighted by Crippen LogP contribution is -2.47. The fourth-order valence-corrected chi connectivity index (χ4v) is 2.04. The van der Waals surface area contributed by atoms with Crippen molar-refractivity contribution in [3.63, 3.8) is 0 Å². The van der Waals surface area contributed by atoms with Crippen molar-refractivity contribution in [1.29, 1.82) is 0 Å². The average molecular weight is 292 g/mol. The molecule has 0 aliphatic rings. The van der Waals surface area contributed by atoms with Gasteiger partial charge in [-0.25, -0.2) is 9.18 Å². The van der Waals surface area contributed by atoms with Crippen molar-refractivity contribution in [2.75, 3.05) is 6.54 Å². The van der Waals surface area contributed by atoms with Crippen molar-refractivity contribution in [2.45, 2.75) is 12.5 Å². The van der Waals surface area contributed by atoms with Crippen LogP contribution in [0.25, 0.3) is 0 Å². The molecular weight excluding hydrogens is 280 g/mol. The van der Waals surface area contributed by atoms with Gasteiger partial charge in [0.2, 0.25) is 0 Å². The van der Waals surface area contributed by atoms with Crippen molar-refractivity contribution in [3.05, 3.63) is 46.2 Å². The minimum atomic E-state index is -1.52. The monoisotopic (exact) mass is 291 g/mol. The first-order valence-corrected chi connectivity index (χ1v) is 5.83. The zero-order chi connectivity index (χ0) is 13.9. The maximum absolute atomic E-state index is 13.4. The molecule has 0 bridgehead atoms. The average Bonchev–Trinajstić information content (AvgIpc) is 2.30. The van der Waals surface area contributed by atoms with Gasteiger partial charge in [0.15, 0.2) is 0 Å². The third-order valence-corrected chi connectivity index (χ3v) is 3.18. The number of carboxylic acid groups (broad SMARTS) is 1. The summed E-state index contributed by atoms with van der Waals surface area (Å²) in [4.78, 5) is 11.4. The highest BCUT2D eigenvalue weighted by Crippen LogP contribution is 2.32. The largest absolute Gasteiger partial charge is 0.480 e. The van der Waals surface area contributed by atoms with Gasteiger partial charge in [0.1, 0.15) is 11.4 Å². The molecule has 6 heteroatoms. The molecule has 1 atom stereocenters. The molecule has 1 aromatic carbocycles. The van der Waals surface area contributed by atoms with Gasteiger partial charge >= 0.3 is 5.97 Å². The highest BCUT2D eigenvalue weighted by Gasteiger charge is 2.36. The fourth-order valence-electron chi connectivity index (χ4n) is 1.47. The molecule has 0 amide bonds. The number of rotatable bonds is 5. The molecule has 98 valence electrons. The molecule has 0 spiro atoms. The minimum absolute atomic E-state index is 0.0860. The molecule has 0 saturated carbocycles. The Morgan fingerprint density at radius 2 is 2.17 bits per heavy atom. The van der Waals surface area contributed by atoms with Crippen LogP contribution >= 0.6 is 23.2 Å². The second-order valence-electron chi connectivity index (χ2n) is 3.85. The van der Waals surface area contributed by atoms with E-state index in [1.807, 2.05) is 0 Å². The smallest absolute Gasteiger partial charge is 0.328 e. The van der Waals surface area contributed by atoms with Crippen molar-refractivity contribution in [3.8, 4) is 0 Å². The second kappa shape index (κ2) is 5.69. The van der Waals surface area contributed by atoms with Crippen molar-refractivity contribution in [1.82, 2.24) is 5.32 Å². The third-order valence-electron chi connectivity index (χ3n) is 2.58. The van der Waals surface area contributed by atoms with E-state index >= 15 is 0 Å². The topological polar surface area (TPSA) is 49.3 Å². The van der Waals surface area contributed by atoms with E-state index in [9.17, 15) is 14.3 Å². The maximum atomic E-state index is 13.4. The SMILES string of the molecule is C=CCNC(C)(C(=O)O)c1cc(F)c(Cl)cc1Cl. The van der Waals surface area contributed by atoms with Gasteiger partial charge in [0, 0.05) is 17.1 Å². The van der Waals surface area contributed by atoms with Crippen LogP contribution in [0.1, 0.15) is 12.5 Å². The van der Waals surface area contributed by atoms with E-state index in [1.54, 1.807) is 0 Å². The predicted octanol–water partition coefficient (Wildman–Crippen LogP) is 3.21. The van der Waals surface area contributed by atoms with Crippen molar-refractivity contribution < 1.29 is 14.3 Å². The Hall–Kier alpha value is -1.10. The van der Waals surface area contributed by atoms with Crippen LogP contribution in [0, 0.1) is 5.82 Å². The summed E-state index contributed by atoms with van der Waals surface area (Å²) in [5.41, 5.74) is -1.41. The molecule has 0 saturated heterocycles. The molecule has 18 heavy (non-hydrogen) atoms. The number of aliphatic carboxylic acids is 1. The van der Waals surface area contributed by atoms with Crippen molar-refractivity contribution in [2.24, 2.45) is 0 Å². The lowest BCUT2D eigenvalue weighted by atomic mass is 9.91. The Bertz CT molecular complexity index is 493. The van der Waals surface area contributed by atoms with E-state index in [4.69, 9.17) is 23.2 Å². The zero-order valence-corrected chi connectivity index (χ0v) is 11.1. The van der Waals surface area contributed by atoms with Gasteiger partial charge in [-0.1, -0.05) is 29.3 Å². The van der Waals surface area contributed by atoms with E-state index in [0.717, 1.165) is 6.07 Å². The normalized spacial score (nSPS) is 14.0. The molecule has 1 unspecified atom stereocenters. The minimum Gasteiger partial charge on any atom is -0.480 e. The van der Waals surface area contributed by atoms with Gasteiger partial charge in [-0.3, -0.25) is 5.32 Å². The first kappa shape index (κ1) is 15.0. The Labute approximate surface area is 114 Å². The summed E-state index contributed by atoms with van der Waals surface area (Å²) in [6, 6.07) is 2.21. The summed E-state index contributed by atoms with van der Waals surface area (Å²) < 4.78 is 13.4. The fraction of sp³-hybridized carbons (Fsp3) is 0.250. The first-order valence-electron chi connectivity index (χ1n) is 5.07. The van der Waals surface area contributed by atoms with Crippen LogP contribution in [0.15, 0.2) is 24.8 Å². The Morgan fingerprint density at radius 3 is 2.67 bits per heavy atom. The summed E-state index contributed by atoms with van der Waals surface area (Å²) in [6.07, 6.45) is 1.50. The molecule has 0 aliphatic heterocycles. The lowest BCUT2D eigenvalue weighted by molar-refractivity contribution is -0.144. The van der Waals surface area contributed by atoms with Gasteiger partial charge in [-0.2, -0.15) is 0 Å². The standard InChI is InChI=1S/C12H12Cl2FNO2/c1-3-4-16-12(2,11(17)18)7-5-10(15)9(14)6-8(7)13/h3,5-6,16H,1,4H2,2H3,(H,17,18). The van der Waals surface area contributed by atoms with Crippen molar-refractivity contribution >= 4 is 29.2 Å². The summed E-state index contributed by atoms with van der Waals surface area (Å²) in [7, 11) is 0. The number of hydrogen-bond acceptors (Lipinski definition) is 2. The molecule has 0 aliphatic carbocycles. The molecule has 1 aromatic rings. The van der Waals surface area contributed by atoms with E-state index in [2.05, 4.69) is 11.9 Å². The van der Waals surface area contributed by atoms with Crippen LogP contribution in [-0.2, 0) is 10.3 Å². The molecule has 0 aromatic heterocycles. The maximum Gasteiger partial charge on any atom is 0.328 e. The quantitative estimate of drug-likeness (QED) is 0.647. The number of hydrogen-bond donors (Lipinski definition) is 2. The van der Waals surface area contributed by atoms with Gasteiger partial charge in [0.25, 0.3) is 0 Å². The van der Waals surface area contributed by atoms with Gasteiger partial charge in [-0.15, -0.1) is 6.58 Å². The lowest BCUT2D eigenvalue weighted by Gasteiger charge is -2.27. The molecule has 0 fully saturated rings. The van der Waals surface area contributed by atoms with Gasteiger partial charge in [-0.05, 0) is 19.1 Å². The van der Waals surface area contributed by atoms with E-state index in [0.29, 0.717) is 0 Å². The van der Waals surface area contributed by atoms with Crippen LogP contribution in [-0.4, -0.2) is 17.6 Å². The second-order valence-corrected chi connectivity index (χ2v) is 4.66. The summed E-state index contributed by atoms with van der Waals surface area (Å²) in [6.45, 7) is 5.12. The number of carbonyl (C=O) groups is 1. The Balaban J connectivity index is 3.34. The molecule has 1 rings (SSSR count). The van der Waals surface area contributed by atoms with Gasteiger partial charge in [0.05, 0.1) is 5.02 Å². The highest BCUT2D eigenvalue weighted by atomic mass is 35.5. The summed E-state index contributed by atoms with van der Waals surface area (Å²) >= 11 is 11.5. The Morgan fingerprint density at radius 1 is 1.56 bits per heavy atom. The van der Waals surface area contributed by atoms with Gasteiger partial charge < -0.3 is 5.11 Å². The molecule has 3 nitrogen and oxygen atoms in total. The van der Waals surface area contributed by atoms with Crippen LogP contribution < -0.4 is 5.32 Å². The molecule has 0 heterocycles. The number of nitrogens with one attached hydrogen (secondary N) is 1. The highest BCUT2D eigenvalue weighted by molar-refractivity contribution is 6.35. The first-order chi connectivity index (χ1) is 8.32. The van der Waals surface area contributed by atoms with E-state index in [-0.39, 0.29) is 22.2 Å². The third kappa shape index (κ3) is 2.83. The predicted molar refractivity (Wildman–Crippen MR) is 69.6 cm³/mol. The molecular formula is C12H12Cl2FNO2. The summed E-state index contributed by atoms with van der Waals surface area (Å²) in [5.74, 6) is -1.89. The summed E-state index contributed by atoms with van der Waals surface area (Å²) in [5, 5.41) is 12.0. The molecule has 2 N–H and O–H groups in total. The number of carboxylic acids is 1. The zero-order valence-electron chi connectivity index (χ0n) is 9.64. The van der Waals surface area contributed by atoms with Crippen LogP contribution in [0.4, 0.5) is 4.39 Å². The van der Waals surface area contributed by atoms with Crippen LogP contribution in [0.3, 0.4) is 0 Å². The number of benzene rings is 1. The van der Waals surface area contributed by atoms with E-state index in [1.165, 1.54) is 19.1 Å². The number of halogens is 3. The molecule has 0 radical (unpaired) electrons. The van der Waals surface area contributed by atoms with Crippen LogP contribution in [0.5, 0.6) is 0 Å². The van der Waals surface area contributed by atoms with Crippen LogP contribution in [0.2, 0.25) is 10.0 Å².